The zero-order valence-corrected chi connectivity index (χ0v) is 18.4. The molecule has 7 heteroatoms. The van der Waals surface area contributed by atoms with E-state index in [-0.39, 0.29) is 0 Å². The Hall–Kier alpha value is -3.22. The third-order valence-electron chi connectivity index (χ3n) is 4.91. The highest BCUT2D eigenvalue weighted by Gasteiger charge is 2.17. The molecule has 0 unspecified atom stereocenters. The van der Waals surface area contributed by atoms with Crippen LogP contribution in [0.4, 0.5) is 5.82 Å². The summed E-state index contributed by atoms with van der Waals surface area (Å²) in [6.45, 7) is 4.54. The lowest BCUT2D eigenvalue weighted by Gasteiger charge is -2.13. The van der Waals surface area contributed by atoms with Crippen LogP contribution in [-0.4, -0.2) is 48.2 Å². The van der Waals surface area contributed by atoms with E-state index in [4.69, 9.17) is 4.74 Å². The Morgan fingerprint density at radius 3 is 2.70 bits per heavy atom. The number of carbonyl (C=O) groups excluding carboxylic acids is 2. The van der Waals surface area contributed by atoms with E-state index in [0.717, 1.165) is 42.3 Å². The topological polar surface area (TPSA) is 76.3 Å². The van der Waals surface area contributed by atoms with Crippen LogP contribution < -0.4 is 4.74 Å². The average Bonchev–Trinajstić information content (AvgIpc) is 2.98. The van der Waals surface area contributed by atoms with Crippen molar-refractivity contribution < 1.29 is 14.3 Å². The molecule has 0 spiro atoms. The summed E-state index contributed by atoms with van der Waals surface area (Å²) in [5, 5.41) is 6.28. The second-order valence-corrected chi connectivity index (χ2v) is 7.16. The van der Waals surface area contributed by atoms with Gasteiger partial charge in [0.05, 0.1) is 31.3 Å². The van der Waals surface area contributed by atoms with E-state index in [0.29, 0.717) is 35.8 Å². The van der Waals surface area contributed by atoms with Crippen molar-refractivity contribution in [1.29, 1.82) is 0 Å². The number of aldehydes is 2. The first-order valence-electron chi connectivity index (χ1n) is 10.00. The van der Waals surface area contributed by atoms with E-state index < -0.39 is 0 Å². The SMILES string of the molecule is CCCCC(C=O)=Nc1c(C)c(/C=N\N(C)Cc2cccc(OC)c2)c(C=O)n1C. The highest BCUT2D eigenvalue weighted by Crippen LogP contribution is 2.27. The highest BCUT2D eigenvalue weighted by molar-refractivity contribution is 6.28. The lowest BCUT2D eigenvalue weighted by atomic mass is 10.1. The van der Waals surface area contributed by atoms with Crippen LogP contribution in [-0.2, 0) is 18.4 Å². The van der Waals surface area contributed by atoms with Crippen molar-refractivity contribution in [1.82, 2.24) is 9.58 Å². The summed E-state index contributed by atoms with van der Waals surface area (Å²) < 4.78 is 6.97. The lowest BCUT2D eigenvalue weighted by molar-refractivity contribution is -0.102. The maximum absolute atomic E-state index is 11.7. The summed E-state index contributed by atoms with van der Waals surface area (Å²) in [6.07, 6.45) is 5.75. The number of hydrogen-bond donors (Lipinski definition) is 0. The molecule has 0 aliphatic rings. The van der Waals surface area contributed by atoms with Gasteiger partial charge in [-0.3, -0.25) is 14.6 Å². The summed E-state index contributed by atoms with van der Waals surface area (Å²) in [5.74, 6) is 1.40. The van der Waals surface area contributed by atoms with Crippen molar-refractivity contribution in [3.8, 4) is 5.75 Å². The van der Waals surface area contributed by atoms with Gasteiger partial charge in [-0.1, -0.05) is 25.5 Å². The van der Waals surface area contributed by atoms with Gasteiger partial charge in [0.15, 0.2) is 12.6 Å². The van der Waals surface area contributed by atoms with Crippen molar-refractivity contribution in [3.63, 3.8) is 0 Å². The Labute approximate surface area is 178 Å². The molecule has 0 saturated heterocycles. The molecule has 160 valence electrons. The van der Waals surface area contributed by atoms with Crippen LogP contribution in [0, 0.1) is 6.92 Å². The largest absolute Gasteiger partial charge is 0.497 e. The third kappa shape index (κ3) is 5.65. The Balaban J connectivity index is 2.29. The van der Waals surface area contributed by atoms with E-state index >= 15 is 0 Å². The summed E-state index contributed by atoms with van der Waals surface area (Å²) >= 11 is 0. The maximum Gasteiger partial charge on any atom is 0.167 e. The molecule has 0 radical (unpaired) electrons. The predicted octanol–water partition coefficient (Wildman–Crippen LogP) is 4.08. The fourth-order valence-corrected chi connectivity index (χ4v) is 3.19. The van der Waals surface area contributed by atoms with Crippen molar-refractivity contribution in [2.45, 2.75) is 39.7 Å². The van der Waals surface area contributed by atoms with Gasteiger partial charge in [-0.15, -0.1) is 0 Å². The predicted molar refractivity (Wildman–Crippen MR) is 120 cm³/mol. The molecule has 1 heterocycles. The number of hydrogen-bond acceptors (Lipinski definition) is 6. The molecule has 7 nitrogen and oxygen atoms in total. The molecular weight excluding hydrogens is 380 g/mol. The van der Waals surface area contributed by atoms with E-state index in [1.54, 1.807) is 29.9 Å². The molecular formula is C23H30N4O3. The Morgan fingerprint density at radius 2 is 2.07 bits per heavy atom. The normalized spacial score (nSPS) is 11.7. The molecule has 0 amide bonds. The van der Waals surface area contributed by atoms with E-state index in [2.05, 4.69) is 17.0 Å². The molecule has 2 aromatic rings. The van der Waals surface area contributed by atoms with Crippen molar-refractivity contribution >= 4 is 30.3 Å². The number of rotatable bonds is 11. The lowest BCUT2D eigenvalue weighted by Crippen LogP contribution is -2.11. The Bertz CT molecular complexity index is 944. The zero-order valence-electron chi connectivity index (χ0n) is 18.4. The molecule has 0 aliphatic heterocycles. The van der Waals surface area contributed by atoms with E-state index in [1.807, 2.05) is 38.2 Å². The van der Waals surface area contributed by atoms with Crippen LogP contribution in [0.25, 0.3) is 0 Å². The van der Waals surface area contributed by atoms with Crippen LogP contribution in [0.2, 0.25) is 0 Å². The number of benzene rings is 1. The standard InChI is InChI=1S/C23H30N4O3/c1-6-7-10-19(15-28)25-23-17(2)21(22(16-29)27(23)4)13-24-26(3)14-18-9-8-11-20(12-18)30-5/h8-9,11-13,15-16H,6-7,10,14H2,1-5H3/b24-13-,25-19?. The number of methoxy groups -OCH3 is 1. The molecule has 0 fully saturated rings. The minimum absolute atomic E-state index is 0.477. The van der Waals surface area contributed by atoms with Crippen LogP contribution in [0.5, 0.6) is 5.75 Å². The van der Waals surface area contributed by atoms with Gasteiger partial charge in [0.2, 0.25) is 0 Å². The monoisotopic (exact) mass is 410 g/mol. The fourth-order valence-electron chi connectivity index (χ4n) is 3.19. The first kappa shape index (κ1) is 23.1. The molecule has 0 N–H and O–H groups in total. The van der Waals surface area contributed by atoms with Gasteiger partial charge in [-0.2, -0.15) is 5.10 Å². The Morgan fingerprint density at radius 1 is 1.30 bits per heavy atom. The second kappa shape index (κ2) is 11.1. The molecule has 1 aromatic heterocycles. The van der Waals surface area contributed by atoms with Crippen LogP contribution in [0.3, 0.4) is 0 Å². The van der Waals surface area contributed by atoms with Gasteiger partial charge in [0.1, 0.15) is 11.6 Å². The first-order valence-corrected chi connectivity index (χ1v) is 10.00. The van der Waals surface area contributed by atoms with Gasteiger partial charge in [-0.05, 0) is 37.5 Å². The summed E-state index contributed by atoms with van der Waals surface area (Å²) in [4.78, 5) is 27.6. The van der Waals surface area contributed by atoms with E-state index in [9.17, 15) is 9.59 Å². The van der Waals surface area contributed by atoms with Crippen LogP contribution >= 0.6 is 0 Å². The highest BCUT2D eigenvalue weighted by atomic mass is 16.5. The number of aromatic nitrogens is 1. The summed E-state index contributed by atoms with van der Waals surface area (Å²) in [6, 6.07) is 7.79. The molecule has 0 atom stereocenters. The number of nitrogens with zero attached hydrogens (tertiary/aromatic N) is 4. The summed E-state index contributed by atoms with van der Waals surface area (Å²) in [7, 11) is 5.27. The van der Waals surface area contributed by atoms with Gasteiger partial charge >= 0.3 is 0 Å². The minimum atomic E-state index is 0.477. The number of ether oxygens (including phenoxy) is 1. The first-order chi connectivity index (χ1) is 14.4. The number of aliphatic imine (C=N–C) groups is 1. The number of unbranched alkanes of at least 4 members (excludes halogenated alkanes) is 1. The molecule has 0 bridgehead atoms. The smallest absolute Gasteiger partial charge is 0.167 e. The van der Waals surface area contributed by atoms with E-state index in [1.165, 1.54) is 0 Å². The molecule has 30 heavy (non-hydrogen) atoms. The number of carbonyl (C=O) groups is 2. The van der Waals surface area contributed by atoms with Gasteiger partial charge < -0.3 is 9.30 Å². The van der Waals surface area contributed by atoms with Crippen LogP contribution in [0.1, 0.15) is 53.4 Å². The van der Waals surface area contributed by atoms with Crippen molar-refractivity contribution in [2.24, 2.45) is 17.1 Å². The summed E-state index contributed by atoms with van der Waals surface area (Å²) in [5.41, 5.74) is 3.53. The maximum atomic E-state index is 11.7. The molecule has 2 rings (SSSR count). The third-order valence-corrected chi connectivity index (χ3v) is 4.91. The molecule has 0 saturated carbocycles. The van der Waals surface area contributed by atoms with Gasteiger partial charge in [0.25, 0.3) is 0 Å². The fraction of sp³-hybridized carbons (Fsp3) is 0.391. The van der Waals surface area contributed by atoms with Crippen molar-refractivity contribution in [3.05, 3.63) is 46.6 Å². The zero-order chi connectivity index (χ0) is 22.1. The quantitative estimate of drug-likeness (QED) is 0.318. The Kier molecular flexibility index (Phi) is 8.53. The molecule has 1 aromatic carbocycles. The minimum Gasteiger partial charge on any atom is -0.497 e. The molecule has 0 aliphatic carbocycles. The average molecular weight is 411 g/mol. The van der Waals surface area contributed by atoms with Gasteiger partial charge in [-0.25, -0.2) is 4.99 Å². The van der Waals surface area contributed by atoms with Crippen LogP contribution in [0.15, 0.2) is 34.4 Å². The van der Waals surface area contributed by atoms with Gasteiger partial charge in [0, 0.05) is 25.2 Å². The number of hydrazone groups is 1. The van der Waals surface area contributed by atoms with Crippen molar-refractivity contribution in [2.75, 3.05) is 14.2 Å². The second-order valence-electron chi connectivity index (χ2n) is 7.16.